The van der Waals surface area contributed by atoms with Crippen LogP contribution in [0.4, 0.5) is 10.5 Å². The van der Waals surface area contributed by atoms with Gasteiger partial charge in [-0.3, -0.25) is 4.98 Å². The molecule has 0 atom stereocenters. The molecule has 1 aliphatic heterocycles. The highest BCUT2D eigenvalue weighted by molar-refractivity contribution is 5.68. The molecule has 6 nitrogen and oxygen atoms in total. The Morgan fingerprint density at radius 2 is 2.09 bits per heavy atom. The Kier molecular flexibility index (Phi) is 5.11. The standard InChI is InChI=1S/C16H23N3O3/c1-16(2,3)22-15(20)19-8-5-12(6-9-19)10-13-4-7-17-11-14(13)18-21/h4,7,11-12H,5-6,8-10H2,1-3H3. The zero-order valence-corrected chi connectivity index (χ0v) is 13.4. The third kappa shape index (κ3) is 4.51. The molecule has 2 rings (SSSR count). The summed E-state index contributed by atoms with van der Waals surface area (Å²) in [6, 6.07) is 1.84. The number of carbonyl (C=O) groups is 1. The fraction of sp³-hybridized carbons (Fsp3) is 0.625. The fourth-order valence-electron chi connectivity index (χ4n) is 2.63. The Labute approximate surface area is 130 Å². The van der Waals surface area contributed by atoms with Crippen molar-refractivity contribution < 1.29 is 9.53 Å². The summed E-state index contributed by atoms with van der Waals surface area (Å²) in [5.41, 5.74) is 0.882. The molecule has 0 unspecified atom stereocenters. The van der Waals surface area contributed by atoms with Gasteiger partial charge < -0.3 is 9.64 Å². The summed E-state index contributed by atoms with van der Waals surface area (Å²) in [6.45, 7) is 6.99. The van der Waals surface area contributed by atoms with Crippen molar-refractivity contribution in [3.05, 3.63) is 28.9 Å². The van der Waals surface area contributed by atoms with Gasteiger partial charge in [-0.05, 0) is 62.8 Å². The molecule has 120 valence electrons. The molecule has 0 bridgehead atoms. The lowest BCUT2D eigenvalue weighted by Gasteiger charge is -2.33. The molecule has 6 heteroatoms. The van der Waals surface area contributed by atoms with E-state index in [-0.39, 0.29) is 6.09 Å². The second-order valence-corrected chi connectivity index (χ2v) is 6.71. The highest BCUT2D eigenvalue weighted by Crippen LogP contribution is 2.27. The molecule has 0 aromatic carbocycles. The number of ether oxygens (including phenoxy) is 1. The molecule has 0 aliphatic carbocycles. The first-order valence-electron chi connectivity index (χ1n) is 7.63. The van der Waals surface area contributed by atoms with Gasteiger partial charge in [0, 0.05) is 19.3 Å². The van der Waals surface area contributed by atoms with Crippen LogP contribution in [0.15, 0.2) is 23.6 Å². The lowest BCUT2D eigenvalue weighted by Crippen LogP contribution is -2.42. The average molecular weight is 305 g/mol. The molecular formula is C16H23N3O3. The largest absolute Gasteiger partial charge is 0.444 e. The van der Waals surface area contributed by atoms with Crippen LogP contribution >= 0.6 is 0 Å². The molecule has 1 aliphatic rings. The van der Waals surface area contributed by atoms with Crippen molar-refractivity contribution in [2.45, 2.75) is 45.6 Å². The van der Waals surface area contributed by atoms with E-state index in [1.807, 2.05) is 26.8 Å². The van der Waals surface area contributed by atoms with E-state index in [4.69, 9.17) is 4.74 Å². The molecule has 1 aromatic heterocycles. The van der Waals surface area contributed by atoms with Gasteiger partial charge in [0.15, 0.2) is 0 Å². The summed E-state index contributed by atoms with van der Waals surface area (Å²) >= 11 is 0. The molecule has 0 N–H and O–H groups in total. The predicted molar refractivity (Wildman–Crippen MR) is 83.9 cm³/mol. The molecule has 0 saturated carbocycles. The van der Waals surface area contributed by atoms with E-state index in [9.17, 15) is 9.70 Å². The number of rotatable bonds is 3. The van der Waals surface area contributed by atoms with Crippen LogP contribution in [0.3, 0.4) is 0 Å². The molecule has 1 aromatic rings. The second-order valence-electron chi connectivity index (χ2n) is 6.71. The number of nitrogens with zero attached hydrogens (tertiary/aromatic N) is 3. The number of aromatic nitrogens is 1. The third-order valence-corrected chi connectivity index (χ3v) is 3.76. The van der Waals surface area contributed by atoms with Gasteiger partial charge in [-0.2, -0.15) is 0 Å². The van der Waals surface area contributed by atoms with E-state index in [0.29, 0.717) is 24.7 Å². The third-order valence-electron chi connectivity index (χ3n) is 3.76. The number of nitroso groups, excluding NO2 is 1. The maximum atomic E-state index is 12.0. The van der Waals surface area contributed by atoms with Crippen molar-refractivity contribution in [2.24, 2.45) is 11.1 Å². The first-order chi connectivity index (χ1) is 10.4. The Balaban J connectivity index is 1.87. The van der Waals surface area contributed by atoms with Crippen LogP contribution in [-0.4, -0.2) is 34.7 Å². The number of likely N-dealkylation sites (tertiary alicyclic amines) is 1. The van der Waals surface area contributed by atoms with Gasteiger partial charge in [-0.25, -0.2) is 4.79 Å². The van der Waals surface area contributed by atoms with E-state index >= 15 is 0 Å². The topological polar surface area (TPSA) is 71.9 Å². The molecule has 1 saturated heterocycles. The van der Waals surface area contributed by atoms with Gasteiger partial charge in [0.1, 0.15) is 11.3 Å². The highest BCUT2D eigenvalue weighted by Gasteiger charge is 2.27. The highest BCUT2D eigenvalue weighted by atomic mass is 16.6. The maximum Gasteiger partial charge on any atom is 0.410 e. The van der Waals surface area contributed by atoms with Crippen LogP contribution in [0.1, 0.15) is 39.2 Å². The molecule has 0 radical (unpaired) electrons. The summed E-state index contributed by atoms with van der Waals surface area (Å²) in [5.74, 6) is 0.446. The van der Waals surface area contributed by atoms with Gasteiger partial charge in [0.2, 0.25) is 0 Å². The van der Waals surface area contributed by atoms with Crippen LogP contribution in [0.5, 0.6) is 0 Å². The second kappa shape index (κ2) is 6.85. The van der Waals surface area contributed by atoms with Crippen LogP contribution in [-0.2, 0) is 11.2 Å². The van der Waals surface area contributed by atoms with Crippen LogP contribution in [0.25, 0.3) is 0 Å². The SMILES string of the molecule is CC(C)(C)OC(=O)N1CCC(Cc2ccncc2N=O)CC1. The summed E-state index contributed by atoms with van der Waals surface area (Å²) in [6.07, 6.45) is 5.54. The van der Waals surface area contributed by atoms with E-state index in [1.165, 1.54) is 6.20 Å². The van der Waals surface area contributed by atoms with Crippen molar-refractivity contribution in [1.29, 1.82) is 0 Å². The quantitative estimate of drug-likeness (QED) is 0.799. The lowest BCUT2D eigenvalue weighted by atomic mass is 9.90. The minimum Gasteiger partial charge on any atom is -0.444 e. The minimum atomic E-state index is -0.463. The van der Waals surface area contributed by atoms with Gasteiger partial charge in [-0.15, -0.1) is 4.91 Å². The molecule has 2 heterocycles. The van der Waals surface area contributed by atoms with Gasteiger partial charge in [0.05, 0.1) is 6.20 Å². The molecule has 1 amide bonds. The number of hydrogen-bond acceptors (Lipinski definition) is 5. The van der Waals surface area contributed by atoms with Crippen molar-refractivity contribution in [1.82, 2.24) is 9.88 Å². The fourth-order valence-corrected chi connectivity index (χ4v) is 2.63. The van der Waals surface area contributed by atoms with Crippen molar-refractivity contribution in [3.63, 3.8) is 0 Å². The number of amides is 1. The van der Waals surface area contributed by atoms with Gasteiger partial charge in [-0.1, -0.05) is 0 Å². The Morgan fingerprint density at radius 1 is 1.41 bits per heavy atom. The first-order valence-corrected chi connectivity index (χ1v) is 7.63. The predicted octanol–water partition coefficient (Wildman–Crippen LogP) is 3.67. The Morgan fingerprint density at radius 3 is 2.68 bits per heavy atom. The van der Waals surface area contributed by atoms with Crippen LogP contribution < -0.4 is 0 Å². The van der Waals surface area contributed by atoms with Crippen LogP contribution in [0.2, 0.25) is 0 Å². The van der Waals surface area contributed by atoms with Crippen LogP contribution in [0, 0.1) is 10.8 Å². The van der Waals surface area contributed by atoms with Gasteiger partial charge in [0.25, 0.3) is 0 Å². The summed E-state index contributed by atoms with van der Waals surface area (Å²) in [5, 5.41) is 3.02. The maximum absolute atomic E-state index is 12.0. The van der Waals surface area contributed by atoms with E-state index in [0.717, 1.165) is 24.8 Å². The molecule has 1 fully saturated rings. The molecule has 0 spiro atoms. The average Bonchev–Trinajstić information content (AvgIpc) is 2.47. The zero-order chi connectivity index (χ0) is 16.2. The van der Waals surface area contributed by atoms with Crippen molar-refractivity contribution in [2.75, 3.05) is 13.1 Å². The molecule has 22 heavy (non-hydrogen) atoms. The zero-order valence-electron chi connectivity index (χ0n) is 13.4. The normalized spacial score (nSPS) is 16.4. The summed E-state index contributed by atoms with van der Waals surface area (Å²) in [7, 11) is 0. The number of pyridine rings is 1. The monoisotopic (exact) mass is 305 g/mol. The molecular weight excluding hydrogens is 282 g/mol. The number of hydrogen-bond donors (Lipinski definition) is 0. The van der Waals surface area contributed by atoms with E-state index < -0.39 is 5.60 Å². The smallest absolute Gasteiger partial charge is 0.410 e. The van der Waals surface area contributed by atoms with E-state index in [2.05, 4.69) is 10.2 Å². The van der Waals surface area contributed by atoms with Crippen molar-refractivity contribution >= 4 is 11.8 Å². The van der Waals surface area contributed by atoms with Gasteiger partial charge >= 0.3 is 6.09 Å². The van der Waals surface area contributed by atoms with E-state index in [1.54, 1.807) is 11.1 Å². The number of carbonyl (C=O) groups excluding carboxylic acids is 1. The first kappa shape index (κ1) is 16.4. The summed E-state index contributed by atoms with van der Waals surface area (Å²) < 4.78 is 5.39. The lowest BCUT2D eigenvalue weighted by molar-refractivity contribution is 0.0184. The summed E-state index contributed by atoms with van der Waals surface area (Å²) in [4.78, 5) is 28.5. The van der Waals surface area contributed by atoms with Crippen molar-refractivity contribution in [3.8, 4) is 0 Å². The number of piperidine rings is 1. The Hall–Kier alpha value is -1.98. The Bertz CT molecular complexity index is 532. The minimum absolute atomic E-state index is 0.245.